The molecular formula is C29H31BrN2O3S. The van der Waals surface area contributed by atoms with Crippen LogP contribution in [0.5, 0.6) is 0 Å². The van der Waals surface area contributed by atoms with Crippen LogP contribution in [0.25, 0.3) is 0 Å². The summed E-state index contributed by atoms with van der Waals surface area (Å²) in [6.07, 6.45) is 2.21. The lowest BCUT2D eigenvalue weighted by molar-refractivity contribution is -0.130. The van der Waals surface area contributed by atoms with E-state index >= 15 is 0 Å². The largest absolute Gasteiger partial charge is 0.445 e. The van der Waals surface area contributed by atoms with Crippen LogP contribution < -0.4 is 5.32 Å². The van der Waals surface area contributed by atoms with E-state index < -0.39 is 6.09 Å². The molecule has 3 aromatic carbocycles. The van der Waals surface area contributed by atoms with E-state index in [0.717, 1.165) is 22.9 Å². The van der Waals surface area contributed by atoms with Crippen LogP contribution in [0.1, 0.15) is 42.1 Å². The highest BCUT2D eigenvalue weighted by Crippen LogP contribution is 2.38. The summed E-state index contributed by atoms with van der Waals surface area (Å²) in [4.78, 5) is 28.3. The van der Waals surface area contributed by atoms with Crippen LogP contribution in [0.3, 0.4) is 0 Å². The van der Waals surface area contributed by atoms with Gasteiger partial charge in [-0.15, -0.1) is 11.8 Å². The zero-order valence-electron chi connectivity index (χ0n) is 20.1. The highest BCUT2D eigenvalue weighted by Gasteiger charge is 2.25. The Morgan fingerprint density at radius 1 is 1.00 bits per heavy atom. The van der Waals surface area contributed by atoms with Gasteiger partial charge in [0.25, 0.3) is 0 Å². The Balaban J connectivity index is 1.30. The molecule has 0 saturated carbocycles. The third-order valence-electron chi connectivity index (χ3n) is 6.27. The number of hydrogen-bond acceptors (Lipinski definition) is 4. The number of rotatable bonds is 9. The van der Waals surface area contributed by atoms with Crippen molar-refractivity contribution in [1.82, 2.24) is 10.2 Å². The van der Waals surface area contributed by atoms with E-state index in [1.807, 2.05) is 53.1 Å². The first-order valence-electron chi connectivity index (χ1n) is 12.3. The summed E-state index contributed by atoms with van der Waals surface area (Å²) in [7, 11) is 0. The molecule has 1 N–H and O–H groups in total. The average Bonchev–Trinajstić information content (AvgIpc) is 3.08. The van der Waals surface area contributed by atoms with Gasteiger partial charge in [-0.05, 0) is 54.7 Å². The molecule has 7 heteroatoms. The molecule has 0 aliphatic carbocycles. The standard InChI is InChI=1S/C29H31BrN2O3S/c30-24-11-14-26(15-12-24)36-27(23-9-5-2-6-10-23)18-20-32-19-17-25(13-16-28(32)33)31-29(34)35-21-22-7-3-1-4-8-22/h1-12,14-15,25,27H,13,16-21H2,(H,31,34)/t25-,27+/m1/s1. The van der Waals surface area contributed by atoms with Gasteiger partial charge in [-0.1, -0.05) is 76.6 Å². The van der Waals surface area contributed by atoms with Crippen LogP contribution in [-0.2, 0) is 16.1 Å². The van der Waals surface area contributed by atoms with Crippen molar-refractivity contribution in [2.45, 2.75) is 48.5 Å². The van der Waals surface area contributed by atoms with Crippen molar-refractivity contribution in [2.24, 2.45) is 0 Å². The molecule has 0 unspecified atom stereocenters. The number of halogens is 1. The van der Waals surface area contributed by atoms with Gasteiger partial charge in [0.2, 0.25) is 5.91 Å². The van der Waals surface area contributed by atoms with Crippen molar-refractivity contribution in [2.75, 3.05) is 13.1 Å². The quantitative estimate of drug-likeness (QED) is 0.284. The maximum atomic E-state index is 12.9. The van der Waals surface area contributed by atoms with Crippen molar-refractivity contribution in [1.29, 1.82) is 0 Å². The number of carbonyl (C=O) groups excluding carboxylic acids is 2. The Morgan fingerprint density at radius 2 is 1.69 bits per heavy atom. The van der Waals surface area contributed by atoms with E-state index in [1.165, 1.54) is 10.5 Å². The van der Waals surface area contributed by atoms with E-state index in [4.69, 9.17) is 4.74 Å². The molecule has 1 heterocycles. The van der Waals surface area contributed by atoms with Gasteiger partial charge < -0.3 is 15.0 Å². The molecule has 1 fully saturated rings. The molecule has 3 aromatic rings. The Kier molecular flexibility index (Phi) is 9.87. The zero-order chi connectivity index (χ0) is 25.2. The molecule has 0 bridgehead atoms. The number of ether oxygens (including phenoxy) is 1. The zero-order valence-corrected chi connectivity index (χ0v) is 22.5. The molecule has 188 valence electrons. The third kappa shape index (κ3) is 8.14. The van der Waals surface area contributed by atoms with E-state index in [2.05, 4.69) is 69.8 Å². The molecule has 0 aromatic heterocycles. The molecule has 0 spiro atoms. The van der Waals surface area contributed by atoms with Crippen molar-refractivity contribution in [3.05, 3.63) is 101 Å². The Morgan fingerprint density at radius 3 is 2.42 bits per heavy atom. The Hall–Kier alpha value is -2.77. The van der Waals surface area contributed by atoms with Gasteiger partial charge in [0, 0.05) is 40.2 Å². The van der Waals surface area contributed by atoms with Crippen LogP contribution >= 0.6 is 27.7 Å². The lowest BCUT2D eigenvalue weighted by Gasteiger charge is -2.24. The molecule has 1 saturated heterocycles. The fourth-order valence-corrected chi connectivity index (χ4v) is 5.66. The molecule has 2 atom stereocenters. The summed E-state index contributed by atoms with van der Waals surface area (Å²) >= 11 is 5.33. The number of thioether (sulfide) groups is 1. The first-order chi connectivity index (χ1) is 17.6. The minimum Gasteiger partial charge on any atom is -0.445 e. The molecule has 1 aliphatic rings. The molecule has 1 aliphatic heterocycles. The third-order valence-corrected chi connectivity index (χ3v) is 8.13. The molecule has 2 amide bonds. The van der Waals surface area contributed by atoms with E-state index in [1.54, 1.807) is 0 Å². The smallest absolute Gasteiger partial charge is 0.407 e. The van der Waals surface area contributed by atoms with Gasteiger partial charge in [0.05, 0.1) is 0 Å². The summed E-state index contributed by atoms with van der Waals surface area (Å²) < 4.78 is 6.42. The van der Waals surface area contributed by atoms with Crippen molar-refractivity contribution < 1.29 is 14.3 Å². The number of nitrogens with one attached hydrogen (secondary N) is 1. The van der Waals surface area contributed by atoms with Crippen molar-refractivity contribution in [3.8, 4) is 0 Å². The van der Waals surface area contributed by atoms with E-state index in [-0.39, 0.29) is 23.8 Å². The van der Waals surface area contributed by atoms with Crippen LogP contribution in [0.2, 0.25) is 0 Å². The highest BCUT2D eigenvalue weighted by atomic mass is 79.9. The maximum absolute atomic E-state index is 12.9. The van der Waals surface area contributed by atoms with Crippen molar-refractivity contribution >= 4 is 39.7 Å². The molecule has 4 rings (SSSR count). The molecular weight excluding hydrogens is 536 g/mol. The summed E-state index contributed by atoms with van der Waals surface area (Å²) in [5, 5.41) is 3.19. The SMILES string of the molecule is O=C(N[C@@H]1CCC(=O)N(CC[C@H](Sc2ccc(Br)cc2)c2ccccc2)CC1)OCc1ccccc1. The average molecular weight is 568 g/mol. The summed E-state index contributed by atoms with van der Waals surface area (Å²) in [6, 6.07) is 28.4. The van der Waals surface area contributed by atoms with Gasteiger partial charge >= 0.3 is 6.09 Å². The number of carbonyl (C=O) groups is 2. The summed E-state index contributed by atoms with van der Waals surface area (Å²) in [5.41, 5.74) is 2.21. The van der Waals surface area contributed by atoms with E-state index in [9.17, 15) is 9.59 Å². The normalized spacial score (nSPS) is 16.8. The van der Waals surface area contributed by atoms with Crippen LogP contribution in [0.4, 0.5) is 4.79 Å². The lowest BCUT2D eigenvalue weighted by Crippen LogP contribution is -2.36. The van der Waals surface area contributed by atoms with Gasteiger partial charge in [0.1, 0.15) is 6.61 Å². The van der Waals surface area contributed by atoms with Gasteiger partial charge in [-0.2, -0.15) is 0 Å². The summed E-state index contributed by atoms with van der Waals surface area (Å²) in [6.45, 7) is 1.56. The second-order valence-corrected chi connectivity index (χ2v) is 11.1. The first-order valence-corrected chi connectivity index (χ1v) is 14.0. The Bertz CT molecular complexity index is 1110. The monoisotopic (exact) mass is 566 g/mol. The second-order valence-electron chi connectivity index (χ2n) is 8.87. The minimum atomic E-state index is -0.431. The molecule has 5 nitrogen and oxygen atoms in total. The van der Waals surface area contributed by atoms with Crippen LogP contribution in [-0.4, -0.2) is 36.0 Å². The lowest BCUT2D eigenvalue weighted by atomic mass is 10.1. The highest BCUT2D eigenvalue weighted by molar-refractivity contribution is 9.10. The summed E-state index contributed by atoms with van der Waals surface area (Å²) in [5.74, 6) is 0.150. The molecule has 0 radical (unpaired) electrons. The van der Waals surface area contributed by atoms with E-state index in [0.29, 0.717) is 25.9 Å². The van der Waals surface area contributed by atoms with Crippen LogP contribution in [0, 0.1) is 0 Å². The molecule has 36 heavy (non-hydrogen) atoms. The number of hydrogen-bond donors (Lipinski definition) is 1. The number of alkyl carbamates (subject to hydrolysis) is 1. The minimum absolute atomic E-state index is 0.0655. The van der Waals surface area contributed by atoms with Crippen molar-refractivity contribution in [3.63, 3.8) is 0 Å². The second kappa shape index (κ2) is 13.5. The number of likely N-dealkylation sites (tertiary alicyclic amines) is 1. The predicted molar refractivity (Wildman–Crippen MR) is 148 cm³/mol. The number of nitrogens with zero attached hydrogens (tertiary/aromatic N) is 1. The topological polar surface area (TPSA) is 58.6 Å². The maximum Gasteiger partial charge on any atom is 0.407 e. The number of amides is 2. The Labute approximate surface area is 225 Å². The fraction of sp³-hybridized carbons (Fsp3) is 0.310. The fourth-order valence-electron chi connectivity index (χ4n) is 4.26. The number of benzene rings is 3. The van der Waals surface area contributed by atoms with Gasteiger partial charge in [0.15, 0.2) is 0 Å². The van der Waals surface area contributed by atoms with Crippen LogP contribution in [0.15, 0.2) is 94.3 Å². The van der Waals surface area contributed by atoms with Gasteiger partial charge in [-0.25, -0.2) is 4.79 Å². The predicted octanol–water partition coefficient (Wildman–Crippen LogP) is 6.98. The first kappa shape index (κ1) is 26.3. The van der Waals surface area contributed by atoms with Gasteiger partial charge in [-0.3, -0.25) is 4.79 Å².